The molecule has 0 unspecified atom stereocenters. The number of carbonyl (C=O) groups is 1. The minimum atomic E-state index is -1.06. The Balaban J connectivity index is 2.22. The second kappa shape index (κ2) is 4.49. The van der Waals surface area contributed by atoms with Gasteiger partial charge in [0.1, 0.15) is 5.82 Å². The van der Waals surface area contributed by atoms with Crippen LogP contribution in [0.5, 0.6) is 0 Å². The third kappa shape index (κ3) is 2.30. The van der Waals surface area contributed by atoms with Crippen molar-refractivity contribution in [1.29, 1.82) is 0 Å². The van der Waals surface area contributed by atoms with Gasteiger partial charge in [-0.3, -0.25) is 0 Å². The van der Waals surface area contributed by atoms with Crippen LogP contribution in [0.1, 0.15) is 5.56 Å². The molecule has 1 heterocycles. The number of thiophene rings is 1. The van der Waals surface area contributed by atoms with Gasteiger partial charge in [0.2, 0.25) is 0 Å². The van der Waals surface area contributed by atoms with Gasteiger partial charge in [0.05, 0.1) is 0 Å². The molecular weight excluding hydrogens is 229 g/mol. The maximum atomic E-state index is 13.2. The average molecular weight is 239 g/mol. The van der Waals surface area contributed by atoms with Crippen LogP contribution in [0.2, 0.25) is 0 Å². The number of rotatable bonds is 3. The highest BCUT2D eigenvalue weighted by molar-refractivity contribution is 7.17. The molecule has 1 aromatic heterocycles. The summed E-state index contributed by atoms with van der Waals surface area (Å²) in [5.41, 5.74) is 0.838. The van der Waals surface area contributed by atoms with Gasteiger partial charge in [0, 0.05) is 11.2 Å². The van der Waals surface area contributed by atoms with Gasteiger partial charge in [-0.15, -0.1) is 11.3 Å². The first-order chi connectivity index (χ1) is 7.66. The molecule has 0 saturated carbocycles. The van der Waals surface area contributed by atoms with E-state index >= 15 is 0 Å². The summed E-state index contributed by atoms with van der Waals surface area (Å²) in [6, 6.07) is 4.88. The molecule has 2 N–H and O–H groups in total. The van der Waals surface area contributed by atoms with E-state index in [2.05, 4.69) is 5.32 Å². The lowest BCUT2D eigenvalue weighted by molar-refractivity contribution is 0.194. The molecule has 0 radical (unpaired) electrons. The van der Waals surface area contributed by atoms with Gasteiger partial charge >= 0.3 is 6.09 Å². The van der Waals surface area contributed by atoms with E-state index in [1.165, 1.54) is 23.5 Å². The lowest BCUT2D eigenvalue weighted by atomic mass is 10.1. The molecule has 0 fully saturated rings. The second-order valence-electron chi connectivity index (χ2n) is 3.38. The highest BCUT2D eigenvalue weighted by Crippen LogP contribution is 2.25. The van der Waals surface area contributed by atoms with Crippen LogP contribution in [0.15, 0.2) is 23.6 Å². The minimum Gasteiger partial charge on any atom is -0.465 e. The highest BCUT2D eigenvalue weighted by atomic mass is 32.1. The number of hydrogen-bond donors (Lipinski definition) is 2. The Morgan fingerprint density at radius 3 is 3.06 bits per heavy atom. The molecule has 1 aromatic carbocycles. The summed E-state index contributed by atoms with van der Waals surface area (Å²) < 4.78 is 14.1. The molecule has 0 atom stereocenters. The summed E-state index contributed by atoms with van der Waals surface area (Å²) in [6.07, 6.45) is -0.560. The first-order valence-electron chi connectivity index (χ1n) is 4.79. The second-order valence-corrected chi connectivity index (χ2v) is 4.33. The monoisotopic (exact) mass is 239 g/mol. The fourth-order valence-electron chi connectivity index (χ4n) is 1.62. The molecule has 0 spiro atoms. The molecule has 5 heteroatoms. The molecule has 0 aliphatic rings. The first kappa shape index (κ1) is 10.9. The van der Waals surface area contributed by atoms with Crippen molar-refractivity contribution in [2.75, 3.05) is 6.54 Å². The number of fused-ring (bicyclic) bond motifs is 1. The van der Waals surface area contributed by atoms with E-state index in [-0.39, 0.29) is 5.82 Å². The summed E-state index contributed by atoms with van der Waals surface area (Å²) in [6.45, 7) is 0.295. The van der Waals surface area contributed by atoms with Crippen LogP contribution in [0.25, 0.3) is 10.1 Å². The number of halogens is 1. The van der Waals surface area contributed by atoms with E-state index in [9.17, 15) is 9.18 Å². The number of benzene rings is 1. The van der Waals surface area contributed by atoms with Crippen molar-refractivity contribution in [3.63, 3.8) is 0 Å². The number of hydrogen-bond acceptors (Lipinski definition) is 2. The summed E-state index contributed by atoms with van der Waals surface area (Å²) >= 11 is 1.48. The predicted octanol–water partition coefficient (Wildman–Crippen LogP) is 2.85. The number of carboxylic acid groups (broad SMARTS) is 1. The normalized spacial score (nSPS) is 10.6. The molecule has 2 aromatic rings. The molecule has 3 nitrogen and oxygen atoms in total. The van der Waals surface area contributed by atoms with Crippen LogP contribution in [0.4, 0.5) is 9.18 Å². The largest absolute Gasteiger partial charge is 0.465 e. The summed E-state index contributed by atoms with van der Waals surface area (Å²) in [5.74, 6) is -0.278. The topological polar surface area (TPSA) is 49.3 Å². The fourth-order valence-corrected chi connectivity index (χ4v) is 2.48. The van der Waals surface area contributed by atoms with Crippen LogP contribution < -0.4 is 5.32 Å². The molecule has 84 valence electrons. The molecule has 0 aliphatic heterocycles. The number of nitrogens with one attached hydrogen (secondary N) is 1. The van der Waals surface area contributed by atoms with Gasteiger partial charge in [-0.2, -0.15) is 0 Å². The lowest BCUT2D eigenvalue weighted by Crippen LogP contribution is -2.23. The molecule has 2 rings (SSSR count). The Morgan fingerprint density at radius 2 is 2.31 bits per heavy atom. The Morgan fingerprint density at radius 1 is 1.50 bits per heavy atom. The van der Waals surface area contributed by atoms with Gasteiger partial charge < -0.3 is 10.4 Å². The third-order valence-electron chi connectivity index (χ3n) is 2.29. The molecule has 0 aliphatic carbocycles. The highest BCUT2D eigenvalue weighted by Gasteiger charge is 2.05. The Labute approximate surface area is 95.5 Å². The lowest BCUT2D eigenvalue weighted by Gasteiger charge is -2.04. The van der Waals surface area contributed by atoms with Crippen molar-refractivity contribution >= 4 is 27.5 Å². The maximum absolute atomic E-state index is 13.2. The SMILES string of the molecule is O=C(O)NCCc1cc(F)cc2sccc12. The zero-order valence-electron chi connectivity index (χ0n) is 8.37. The van der Waals surface area contributed by atoms with Crippen LogP contribution in [0, 0.1) is 5.82 Å². The maximum Gasteiger partial charge on any atom is 0.404 e. The Kier molecular flexibility index (Phi) is 3.05. The van der Waals surface area contributed by atoms with Gasteiger partial charge in [-0.1, -0.05) is 0 Å². The Hall–Kier alpha value is -1.62. The number of amides is 1. The molecular formula is C11H10FNO2S. The van der Waals surface area contributed by atoms with Crippen LogP contribution in [-0.4, -0.2) is 17.7 Å². The van der Waals surface area contributed by atoms with E-state index in [4.69, 9.17) is 5.11 Å². The smallest absolute Gasteiger partial charge is 0.404 e. The standard InChI is InChI=1S/C11H10FNO2S/c12-8-5-7(1-3-13-11(14)15)9-2-4-16-10(9)6-8/h2,4-6,13H,1,3H2,(H,14,15). The van der Waals surface area contributed by atoms with E-state index in [0.717, 1.165) is 15.6 Å². The summed E-state index contributed by atoms with van der Waals surface area (Å²) in [7, 11) is 0. The van der Waals surface area contributed by atoms with Gasteiger partial charge in [0.25, 0.3) is 0 Å². The molecule has 0 saturated heterocycles. The quantitative estimate of drug-likeness (QED) is 0.865. The van der Waals surface area contributed by atoms with Crippen LogP contribution >= 0.6 is 11.3 Å². The van der Waals surface area contributed by atoms with Crippen molar-refractivity contribution < 1.29 is 14.3 Å². The van der Waals surface area contributed by atoms with Crippen LogP contribution in [-0.2, 0) is 6.42 Å². The zero-order chi connectivity index (χ0) is 11.5. The van der Waals surface area contributed by atoms with Crippen molar-refractivity contribution in [3.05, 3.63) is 35.0 Å². The molecule has 0 bridgehead atoms. The zero-order valence-corrected chi connectivity index (χ0v) is 9.18. The van der Waals surface area contributed by atoms with Crippen molar-refractivity contribution in [3.8, 4) is 0 Å². The van der Waals surface area contributed by atoms with E-state index < -0.39 is 6.09 Å². The molecule has 16 heavy (non-hydrogen) atoms. The average Bonchev–Trinajstić information content (AvgIpc) is 2.64. The van der Waals surface area contributed by atoms with Crippen LogP contribution in [0.3, 0.4) is 0 Å². The van der Waals surface area contributed by atoms with Crippen molar-refractivity contribution in [2.24, 2.45) is 0 Å². The Bertz CT molecular complexity index is 524. The van der Waals surface area contributed by atoms with Gasteiger partial charge in [0.15, 0.2) is 0 Å². The minimum absolute atomic E-state index is 0.278. The summed E-state index contributed by atoms with van der Waals surface area (Å²) in [4.78, 5) is 10.3. The van der Waals surface area contributed by atoms with E-state index in [1.54, 1.807) is 0 Å². The van der Waals surface area contributed by atoms with Crippen molar-refractivity contribution in [1.82, 2.24) is 5.32 Å². The van der Waals surface area contributed by atoms with Gasteiger partial charge in [-0.25, -0.2) is 9.18 Å². The molecule has 1 amide bonds. The van der Waals surface area contributed by atoms with E-state index in [1.807, 2.05) is 11.4 Å². The fraction of sp³-hybridized carbons (Fsp3) is 0.182. The summed E-state index contributed by atoms with van der Waals surface area (Å²) in [5, 5.41) is 13.6. The van der Waals surface area contributed by atoms with Gasteiger partial charge in [-0.05, 0) is 40.9 Å². The third-order valence-corrected chi connectivity index (χ3v) is 3.16. The van der Waals surface area contributed by atoms with Crippen molar-refractivity contribution in [2.45, 2.75) is 6.42 Å². The first-order valence-corrected chi connectivity index (χ1v) is 5.67. The predicted molar refractivity (Wildman–Crippen MR) is 61.5 cm³/mol. The van der Waals surface area contributed by atoms with E-state index in [0.29, 0.717) is 13.0 Å².